The number of benzene rings is 2. The van der Waals surface area contributed by atoms with E-state index in [1.807, 2.05) is 37.3 Å². The normalized spacial score (nSPS) is 18.9. The highest BCUT2D eigenvalue weighted by Gasteiger charge is 2.42. The third-order valence-electron chi connectivity index (χ3n) is 4.67. The maximum absolute atomic E-state index is 13.3. The van der Waals surface area contributed by atoms with E-state index >= 15 is 0 Å². The van der Waals surface area contributed by atoms with Gasteiger partial charge in [-0.25, -0.2) is 4.79 Å². The third kappa shape index (κ3) is 5.09. The van der Waals surface area contributed by atoms with E-state index in [0.29, 0.717) is 29.4 Å². The molecule has 4 nitrogen and oxygen atoms in total. The number of carbonyl (C=O) groups is 2. The SMILES string of the molecule is CCCCOC(=O)C1CSC(Cc2ccccc2)N1C(=O)c1cccc(Cl)c1. The molecule has 0 radical (unpaired) electrons. The number of hydrogen-bond donors (Lipinski definition) is 0. The summed E-state index contributed by atoms with van der Waals surface area (Å²) in [5.74, 6) is 0.0205. The topological polar surface area (TPSA) is 46.6 Å². The van der Waals surface area contributed by atoms with Crippen molar-refractivity contribution in [1.29, 1.82) is 0 Å². The predicted molar refractivity (Wildman–Crippen MR) is 114 cm³/mol. The molecule has 0 aromatic heterocycles. The second-order valence-electron chi connectivity index (χ2n) is 6.74. The van der Waals surface area contributed by atoms with Gasteiger partial charge in [-0.05, 0) is 30.2 Å². The molecule has 148 valence electrons. The fraction of sp³-hybridized carbons (Fsp3) is 0.364. The van der Waals surface area contributed by atoms with Gasteiger partial charge in [0, 0.05) is 22.8 Å². The molecule has 0 N–H and O–H groups in total. The minimum absolute atomic E-state index is 0.127. The lowest BCUT2D eigenvalue weighted by atomic mass is 10.1. The molecule has 0 aliphatic carbocycles. The van der Waals surface area contributed by atoms with Gasteiger partial charge in [0.1, 0.15) is 6.04 Å². The third-order valence-corrected chi connectivity index (χ3v) is 6.19. The van der Waals surface area contributed by atoms with Crippen LogP contribution in [0.5, 0.6) is 0 Å². The predicted octanol–water partition coefficient (Wildman–Crippen LogP) is 4.81. The van der Waals surface area contributed by atoms with Crippen molar-refractivity contribution in [3.05, 3.63) is 70.7 Å². The molecule has 0 saturated carbocycles. The summed E-state index contributed by atoms with van der Waals surface area (Å²) in [6, 6.07) is 16.3. The molecule has 2 aromatic carbocycles. The zero-order valence-electron chi connectivity index (χ0n) is 15.8. The van der Waals surface area contributed by atoms with Crippen LogP contribution < -0.4 is 0 Å². The van der Waals surface area contributed by atoms with Crippen LogP contribution in [0.3, 0.4) is 0 Å². The van der Waals surface area contributed by atoms with E-state index in [1.165, 1.54) is 0 Å². The number of unbranched alkanes of at least 4 members (excludes halogenated alkanes) is 1. The van der Waals surface area contributed by atoms with Gasteiger partial charge in [-0.2, -0.15) is 0 Å². The number of amides is 1. The molecule has 2 aromatic rings. The molecule has 1 aliphatic heterocycles. The lowest BCUT2D eigenvalue weighted by molar-refractivity contribution is -0.148. The van der Waals surface area contributed by atoms with Gasteiger partial charge in [0.2, 0.25) is 0 Å². The van der Waals surface area contributed by atoms with Crippen molar-refractivity contribution in [3.63, 3.8) is 0 Å². The largest absolute Gasteiger partial charge is 0.464 e. The molecule has 0 spiro atoms. The van der Waals surface area contributed by atoms with Gasteiger partial charge in [0.25, 0.3) is 5.91 Å². The van der Waals surface area contributed by atoms with Crippen molar-refractivity contribution in [2.24, 2.45) is 0 Å². The van der Waals surface area contributed by atoms with E-state index < -0.39 is 6.04 Å². The summed E-state index contributed by atoms with van der Waals surface area (Å²) in [4.78, 5) is 27.6. The molecule has 2 unspecified atom stereocenters. The Hall–Kier alpha value is -1.98. The van der Waals surface area contributed by atoms with E-state index in [4.69, 9.17) is 16.3 Å². The minimum atomic E-state index is -0.581. The summed E-state index contributed by atoms with van der Waals surface area (Å²) in [5, 5.41) is 0.372. The van der Waals surface area contributed by atoms with Crippen LogP contribution in [0.1, 0.15) is 35.7 Å². The lowest BCUT2D eigenvalue weighted by Crippen LogP contribution is -2.47. The summed E-state index contributed by atoms with van der Waals surface area (Å²) in [7, 11) is 0. The van der Waals surface area contributed by atoms with Crippen molar-refractivity contribution in [2.45, 2.75) is 37.6 Å². The average Bonchev–Trinajstić information content (AvgIpc) is 3.12. The first-order chi connectivity index (χ1) is 13.6. The van der Waals surface area contributed by atoms with Crippen LogP contribution in [-0.2, 0) is 16.0 Å². The Labute approximate surface area is 175 Å². The highest BCUT2D eigenvalue weighted by atomic mass is 35.5. The van der Waals surface area contributed by atoms with Gasteiger partial charge < -0.3 is 9.64 Å². The van der Waals surface area contributed by atoms with Crippen LogP contribution >= 0.6 is 23.4 Å². The van der Waals surface area contributed by atoms with Gasteiger partial charge in [0.05, 0.1) is 12.0 Å². The average molecular weight is 418 g/mol. The number of carbonyl (C=O) groups excluding carboxylic acids is 2. The lowest BCUT2D eigenvalue weighted by Gasteiger charge is -2.28. The summed E-state index contributed by atoms with van der Waals surface area (Å²) in [6.45, 7) is 2.43. The quantitative estimate of drug-likeness (QED) is 0.479. The second-order valence-corrected chi connectivity index (χ2v) is 8.38. The smallest absolute Gasteiger partial charge is 0.329 e. The summed E-state index contributed by atoms with van der Waals surface area (Å²) >= 11 is 7.70. The van der Waals surface area contributed by atoms with E-state index in [1.54, 1.807) is 40.9 Å². The number of thioether (sulfide) groups is 1. The molecular weight excluding hydrogens is 394 g/mol. The number of ether oxygens (including phenoxy) is 1. The Bertz CT molecular complexity index is 814. The van der Waals surface area contributed by atoms with Gasteiger partial charge in [-0.1, -0.05) is 61.3 Å². The Morgan fingerprint density at radius 2 is 1.96 bits per heavy atom. The number of rotatable bonds is 7. The highest BCUT2D eigenvalue weighted by molar-refractivity contribution is 8.00. The molecular formula is C22H24ClNO3S. The van der Waals surface area contributed by atoms with E-state index in [2.05, 4.69) is 0 Å². The Balaban J connectivity index is 1.83. The molecule has 2 atom stereocenters. The molecule has 0 bridgehead atoms. The van der Waals surface area contributed by atoms with Gasteiger partial charge >= 0.3 is 5.97 Å². The van der Waals surface area contributed by atoms with Crippen LogP contribution in [0.25, 0.3) is 0 Å². The van der Waals surface area contributed by atoms with Crippen LogP contribution in [0.2, 0.25) is 5.02 Å². The molecule has 1 amide bonds. The molecule has 1 fully saturated rings. The molecule has 1 saturated heterocycles. The second kappa shape index (κ2) is 9.99. The fourth-order valence-corrected chi connectivity index (χ4v) is 4.78. The standard InChI is InChI=1S/C22H24ClNO3S/c1-2-3-12-27-22(26)19-15-28-20(13-16-8-5-4-6-9-16)24(19)21(25)17-10-7-11-18(23)14-17/h4-11,14,19-20H,2-3,12-13,15H2,1H3. The van der Waals surface area contributed by atoms with Crippen molar-refractivity contribution in [3.8, 4) is 0 Å². The summed E-state index contributed by atoms with van der Waals surface area (Å²) in [6.07, 6.45) is 2.45. The minimum Gasteiger partial charge on any atom is -0.464 e. The number of nitrogens with zero attached hydrogens (tertiary/aromatic N) is 1. The van der Waals surface area contributed by atoms with Crippen molar-refractivity contribution < 1.29 is 14.3 Å². The van der Waals surface area contributed by atoms with E-state index in [9.17, 15) is 9.59 Å². The van der Waals surface area contributed by atoms with Crippen LogP contribution in [0, 0.1) is 0 Å². The maximum atomic E-state index is 13.3. The Morgan fingerprint density at radius 1 is 1.18 bits per heavy atom. The monoisotopic (exact) mass is 417 g/mol. The Morgan fingerprint density at radius 3 is 2.68 bits per heavy atom. The van der Waals surface area contributed by atoms with Crippen molar-refractivity contribution >= 4 is 35.2 Å². The summed E-state index contributed by atoms with van der Waals surface area (Å²) in [5.41, 5.74) is 1.61. The van der Waals surface area contributed by atoms with E-state index in [-0.39, 0.29) is 17.3 Å². The molecule has 1 aliphatic rings. The molecule has 3 rings (SSSR count). The van der Waals surface area contributed by atoms with E-state index in [0.717, 1.165) is 18.4 Å². The zero-order chi connectivity index (χ0) is 19.9. The van der Waals surface area contributed by atoms with Crippen LogP contribution in [-0.4, -0.2) is 40.6 Å². The first kappa shape index (κ1) is 20.7. The van der Waals surface area contributed by atoms with Gasteiger partial charge in [-0.15, -0.1) is 11.8 Å². The fourth-order valence-electron chi connectivity index (χ4n) is 3.17. The van der Waals surface area contributed by atoms with Crippen LogP contribution in [0.4, 0.5) is 0 Å². The van der Waals surface area contributed by atoms with Gasteiger partial charge in [-0.3, -0.25) is 4.79 Å². The van der Waals surface area contributed by atoms with Crippen molar-refractivity contribution in [1.82, 2.24) is 4.90 Å². The summed E-state index contributed by atoms with van der Waals surface area (Å²) < 4.78 is 5.43. The number of hydrogen-bond acceptors (Lipinski definition) is 4. The molecule has 6 heteroatoms. The van der Waals surface area contributed by atoms with Gasteiger partial charge in [0.15, 0.2) is 0 Å². The van der Waals surface area contributed by atoms with Crippen molar-refractivity contribution in [2.75, 3.05) is 12.4 Å². The molecule has 28 heavy (non-hydrogen) atoms. The maximum Gasteiger partial charge on any atom is 0.329 e. The molecule has 1 heterocycles. The highest BCUT2D eigenvalue weighted by Crippen LogP contribution is 2.34. The first-order valence-electron chi connectivity index (χ1n) is 9.50. The number of esters is 1. The Kier molecular flexibility index (Phi) is 7.40. The first-order valence-corrected chi connectivity index (χ1v) is 10.9. The zero-order valence-corrected chi connectivity index (χ0v) is 17.4. The van der Waals surface area contributed by atoms with Crippen LogP contribution in [0.15, 0.2) is 54.6 Å². The number of halogens is 1.